The number of rotatable bonds is 5. The lowest BCUT2D eigenvalue weighted by atomic mass is 10.1. The van der Waals surface area contributed by atoms with Gasteiger partial charge in [-0.25, -0.2) is 4.98 Å². The highest BCUT2D eigenvalue weighted by molar-refractivity contribution is 7.09. The molecule has 6 nitrogen and oxygen atoms in total. The second-order valence-corrected chi connectivity index (χ2v) is 7.23. The molecule has 0 saturated carbocycles. The predicted molar refractivity (Wildman–Crippen MR) is 103 cm³/mol. The van der Waals surface area contributed by atoms with Crippen molar-refractivity contribution in [3.63, 3.8) is 0 Å². The molecular formula is C18H20ClN3O3S. The molecule has 26 heavy (non-hydrogen) atoms. The van der Waals surface area contributed by atoms with E-state index in [0.29, 0.717) is 16.5 Å². The summed E-state index contributed by atoms with van der Waals surface area (Å²) in [5.41, 5.74) is 7.01. The third-order valence-corrected chi connectivity index (χ3v) is 4.45. The standard InChI is InChI=1S/C18H20ClN3O3S/c1-10-7-14(19)8-11(2)17(10)25-12(3)18(24)22-21-16(23)6-5-15-9-26-13(4)20-15/h5-9,12H,1-4H3,(H,21,23)(H,22,24)/b6-5+. The summed E-state index contributed by atoms with van der Waals surface area (Å²) >= 11 is 7.48. The number of hydrazine groups is 1. The molecule has 1 unspecified atom stereocenters. The number of benzene rings is 1. The number of hydrogen-bond acceptors (Lipinski definition) is 5. The Bertz CT molecular complexity index is 825. The van der Waals surface area contributed by atoms with Gasteiger partial charge in [-0.1, -0.05) is 11.6 Å². The maximum Gasteiger partial charge on any atom is 0.279 e. The second kappa shape index (κ2) is 8.82. The molecule has 2 N–H and O–H groups in total. The number of ether oxygens (including phenoxy) is 1. The Kier molecular flexibility index (Phi) is 6.76. The van der Waals surface area contributed by atoms with Crippen LogP contribution >= 0.6 is 22.9 Å². The summed E-state index contributed by atoms with van der Waals surface area (Å²) in [5.74, 6) is -0.331. The van der Waals surface area contributed by atoms with Crippen molar-refractivity contribution in [3.8, 4) is 5.75 Å². The van der Waals surface area contributed by atoms with E-state index in [1.54, 1.807) is 25.1 Å². The molecular weight excluding hydrogens is 374 g/mol. The zero-order chi connectivity index (χ0) is 19.3. The minimum absolute atomic E-state index is 0.463. The molecule has 8 heteroatoms. The van der Waals surface area contributed by atoms with Gasteiger partial charge in [-0.05, 0) is 57.0 Å². The highest BCUT2D eigenvalue weighted by atomic mass is 35.5. The van der Waals surface area contributed by atoms with Crippen LogP contribution in [-0.2, 0) is 9.59 Å². The number of amides is 2. The van der Waals surface area contributed by atoms with Crippen LogP contribution in [0.5, 0.6) is 5.75 Å². The topological polar surface area (TPSA) is 80.3 Å². The van der Waals surface area contributed by atoms with E-state index in [1.807, 2.05) is 26.2 Å². The van der Waals surface area contributed by atoms with Crippen LogP contribution in [0.25, 0.3) is 6.08 Å². The van der Waals surface area contributed by atoms with Gasteiger partial charge in [0.25, 0.3) is 11.8 Å². The number of nitrogens with one attached hydrogen (secondary N) is 2. The van der Waals surface area contributed by atoms with E-state index in [-0.39, 0.29) is 0 Å². The monoisotopic (exact) mass is 393 g/mol. The second-order valence-electron chi connectivity index (χ2n) is 5.73. The Labute approximate surface area is 161 Å². The Hall–Kier alpha value is -2.38. The van der Waals surface area contributed by atoms with Gasteiger partial charge >= 0.3 is 0 Å². The van der Waals surface area contributed by atoms with Crippen LogP contribution in [0.1, 0.15) is 28.8 Å². The Balaban J connectivity index is 1.87. The highest BCUT2D eigenvalue weighted by Gasteiger charge is 2.17. The van der Waals surface area contributed by atoms with Crippen molar-refractivity contribution >= 4 is 40.8 Å². The molecule has 0 radical (unpaired) electrons. The van der Waals surface area contributed by atoms with E-state index >= 15 is 0 Å². The fraction of sp³-hybridized carbons (Fsp3) is 0.278. The summed E-state index contributed by atoms with van der Waals surface area (Å²) in [6.45, 7) is 7.19. The first-order valence-corrected chi connectivity index (χ1v) is 9.15. The molecule has 0 aliphatic heterocycles. The first-order chi connectivity index (χ1) is 12.3. The Morgan fingerprint density at radius 2 is 1.88 bits per heavy atom. The van der Waals surface area contributed by atoms with Crippen molar-refractivity contribution < 1.29 is 14.3 Å². The summed E-state index contributed by atoms with van der Waals surface area (Å²) in [7, 11) is 0. The van der Waals surface area contributed by atoms with Gasteiger partial charge in [0.2, 0.25) is 0 Å². The fourth-order valence-electron chi connectivity index (χ4n) is 2.20. The van der Waals surface area contributed by atoms with Gasteiger partial charge in [0.1, 0.15) is 5.75 Å². The van der Waals surface area contributed by atoms with Gasteiger partial charge in [0.05, 0.1) is 10.7 Å². The molecule has 1 heterocycles. The van der Waals surface area contributed by atoms with Crippen molar-refractivity contribution in [2.45, 2.75) is 33.8 Å². The largest absolute Gasteiger partial charge is 0.480 e. The summed E-state index contributed by atoms with van der Waals surface area (Å²) < 4.78 is 5.71. The summed E-state index contributed by atoms with van der Waals surface area (Å²) in [6.07, 6.45) is 2.08. The Morgan fingerprint density at radius 3 is 2.46 bits per heavy atom. The van der Waals surface area contributed by atoms with Crippen molar-refractivity contribution in [3.05, 3.63) is 50.4 Å². The van der Waals surface area contributed by atoms with Gasteiger partial charge in [-0.3, -0.25) is 20.4 Å². The molecule has 1 aromatic carbocycles. The molecule has 0 fully saturated rings. The van der Waals surface area contributed by atoms with Gasteiger partial charge in [-0.2, -0.15) is 0 Å². The molecule has 1 atom stereocenters. The molecule has 2 rings (SSSR count). The molecule has 2 amide bonds. The van der Waals surface area contributed by atoms with Crippen LogP contribution in [0.2, 0.25) is 5.02 Å². The third kappa shape index (κ3) is 5.57. The van der Waals surface area contributed by atoms with Gasteiger partial charge in [0.15, 0.2) is 6.10 Å². The van der Waals surface area contributed by atoms with Gasteiger partial charge in [0, 0.05) is 16.5 Å². The summed E-state index contributed by atoms with van der Waals surface area (Å²) in [5, 5.41) is 3.36. The molecule has 0 spiro atoms. The first kappa shape index (κ1) is 19.9. The minimum Gasteiger partial charge on any atom is -0.480 e. The number of nitrogens with zero attached hydrogens (tertiary/aromatic N) is 1. The molecule has 0 aliphatic rings. The van der Waals surface area contributed by atoms with E-state index in [4.69, 9.17) is 16.3 Å². The van der Waals surface area contributed by atoms with Gasteiger partial charge in [-0.15, -0.1) is 11.3 Å². The van der Waals surface area contributed by atoms with E-state index < -0.39 is 17.9 Å². The van der Waals surface area contributed by atoms with Crippen LogP contribution < -0.4 is 15.6 Å². The van der Waals surface area contributed by atoms with Crippen molar-refractivity contribution in [2.24, 2.45) is 0 Å². The van der Waals surface area contributed by atoms with E-state index in [0.717, 1.165) is 16.1 Å². The van der Waals surface area contributed by atoms with Crippen LogP contribution in [0.3, 0.4) is 0 Å². The fourth-order valence-corrected chi connectivity index (χ4v) is 3.11. The highest BCUT2D eigenvalue weighted by Crippen LogP contribution is 2.27. The van der Waals surface area contributed by atoms with Crippen molar-refractivity contribution in [1.82, 2.24) is 15.8 Å². The molecule has 2 aromatic rings. The molecule has 0 saturated heterocycles. The average molecular weight is 394 g/mol. The van der Waals surface area contributed by atoms with Crippen LogP contribution in [-0.4, -0.2) is 22.9 Å². The number of halogens is 1. The van der Waals surface area contributed by atoms with Gasteiger partial charge < -0.3 is 4.74 Å². The molecule has 138 valence electrons. The Morgan fingerprint density at radius 1 is 1.23 bits per heavy atom. The number of thiazole rings is 1. The molecule has 1 aromatic heterocycles. The maximum absolute atomic E-state index is 12.1. The lowest BCUT2D eigenvalue weighted by molar-refractivity contribution is -0.131. The summed E-state index contributed by atoms with van der Waals surface area (Å²) in [4.78, 5) is 28.1. The lowest BCUT2D eigenvalue weighted by Gasteiger charge is -2.18. The minimum atomic E-state index is -0.793. The zero-order valence-electron chi connectivity index (χ0n) is 14.9. The number of aromatic nitrogens is 1. The predicted octanol–water partition coefficient (Wildman–Crippen LogP) is 3.35. The average Bonchev–Trinajstić information content (AvgIpc) is 2.99. The van der Waals surface area contributed by atoms with Crippen molar-refractivity contribution in [2.75, 3.05) is 0 Å². The smallest absolute Gasteiger partial charge is 0.279 e. The molecule has 0 bridgehead atoms. The number of carbonyl (C=O) groups excluding carboxylic acids is 2. The number of aryl methyl sites for hydroxylation is 3. The number of carbonyl (C=O) groups is 2. The van der Waals surface area contributed by atoms with Crippen LogP contribution in [0.15, 0.2) is 23.6 Å². The summed E-state index contributed by atoms with van der Waals surface area (Å²) in [6, 6.07) is 3.53. The van der Waals surface area contributed by atoms with E-state index in [9.17, 15) is 9.59 Å². The lowest BCUT2D eigenvalue weighted by Crippen LogP contribution is -2.46. The maximum atomic E-state index is 12.1. The van der Waals surface area contributed by atoms with Crippen LogP contribution in [0.4, 0.5) is 0 Å². The first-order valence-electron chi connectivity index (χ1n) is 7.89. The van der Waals surface area contributed by atoms with Crippen LogP contribution in [0, 0.1) is 20.8 Å². The van der Waals surface area contributed by atoms with E-state index in [2.05, 4.69) is 15.8 Å². The normalized spacial score (nSPS) is 12.0. The SMILES string of the molecule is Cc1nc(/C=C/C(=O)NNC(=O)C(C)Oc2c(C)cc(Cl)cc2C)cs1. The number of hydrogen-bond donors (Lipinski definition) is 2. The van der Waals surface area contributed by atoms with E-state index in [1.165, 1.54) is 17.4 Å². The third-order valence-electron chi connectivity index (χ3n) is 3.44. The zero-order valence-corrected chi connectivity index (χ0v) is 16.5. The van der Waals surface area contributed by atoms with Crippen molar-refractivity contribution in [1.29, 1.82) is 0 Å². The quantitative estimate of drug-likeness (QED) is 0.603. The molecule has 0 aliphatic carbocycles.